The molecule has 4 aromatic rings. The maximum Gasteiger partial charge on any atom is 0.133 e. The third kappa shape index (κ3) is 2.57. The van der Waals surface area contributed by atoms with Crippen LogP contribution < -0.4 is 4.74 Å². The van der Waals surface area contributed by atoms with Crippen LogP contribution in [0.25, 0.3) is 28.0 Å². The van der Waals surface area contributed by atoms with Crippen molar-refractivity contribution in [3.63, 3.8) is 0 Å². The van der Waals surface area contributed by atoms with Gasteiger partial charge in [0.15, 0.2) is 0 Å². The second-order valence-corrected chi connectivity index (χ2v) is 5.10. The molecule has 0 N–H and O–H groups in total. The van der Waals surface area contributed by atoms with Crippen LogP contribution in [0.2, 0.25) is 0 Å². The van der Waals surface area contributed by atoms with Crippen LogP contribution in [0.1, 0.15) is 6.92 Å². The van der Waals surface area contributed by atoms with Crippen LogP contribution in [-0.2, 0) is 0 Å². The van der Waals surface area contributed by atoms with Gasteiger partial charge >= 0.3 is 0 Å². The zero-order valence-electron chi connectivity index (χ0n) is 12.6. The van der Waals surface area contributed by atoms with Crippen molar-refractivity contribution in [2.45, 2.75) is 6.92 Å². The molecular formula is C18H15N3O2. The first-order valence-electron chi connectivity index (χ1n) is 7.48. The average Bonchev–Trinajstić information content (AvgIpc) is 3.24. The molecular weight excluding hydrogens is 290 g/mol. The van der Waals surface area contributed by atoms with Crippen LogP contribution in [0.4, 0.5) is 0 Å². The Balaban J connectivity index is 1.71. The Labute approximate surface area is 133 Å². The van der Waals surface area contributed by atoms with Gasteiger partial charge < -0.3 is 9.15 Å². The predicted molar refractivity (Wildman–Crippen MR) is 87.7 cm³/mol. The Morgan fingerprint density at radius 2 is 1.83 bits per heavy atom. The second-order valence-electron chi connectivity index (χ2n) is 5.10. The third-order valence-electron chi connectivity index (χ3n) is 3.56. The summed E-state index contributed by atoms with van der Waals surface area (Å²) in [4.78, 5) is 1.63. The van der Waals surface area contributed by atoms with Crippen molar-refractivity contribution in [3.8, 4) is 22.8 Å². The fraction of sp³-hybridized carbons (Fsp3) is 0.111. The number of furan rings is 1. The molecule has 0 atom stereocenters. The molecule has 0 aliphatic rings. The molecule has 2 heterocycles. The lowest BCUT2D eigenvalue weighted by atomic mass is 10.1. The van der Waals surface area contributed by atoms with E-state index >= 15 is 0 Å². The van der Waals surface area contributed by atoms with Gasteiger partial charge in [0.05, 0.1) is 18.6 Å². The Bertz CT molecular complexity index is 925. The third-order valence-corrected chi connectivity index (χ3v) is 3.56. The van der Waals surface area contributed by atoms with Gasteiger partial charge in [0, 0.05) is 5.56 Å². The molecule has 114 valence electrons. The minimum Gasteiger partial charge on any atom is -0.494 e. The van der Waals surface area contributed by atoms with Crippen molar-refractivity contribution in [1.82, 2.24) is 15.0 Å². The summed E-state index contributed by atoms with van der Waals surface area (Å²) in [6.07, 6.45) is 1.66. The summed E-state index contributed by atoms with van der Waals surface area (Å²) in [6.45, 7) is 2.62. The van der Waals surface area contributed by atoms with E-state index in [0.717, 1.165) is 33.8 Å². The normalized spacial score (nSPS) is 11.0. The van der Waals surface area contributed by atoms with E-state index < -0.39 is 0 Å². The molecule has 0 amide bonds. The van der Waals surface area contributed by atoms with Crippen molar-refractivity contribution in [3.05, 3.63) is 60.9 Å². The molecule has 0 unspecified atom stereocenters. The highest BCUT2D eigenvalue weighted by molar-refractivity contribution is 5.80. The molecule has 0 saturated heterocycles. The molecule has 0 aliphatic carbocycles. The predicted octanol–water partition coefficient (Wildman–Crippen LogP) is 4.08. The summed E-state index contributed by atoms with van der Waals surface area (Å²) in [7, 11) is 0. The van der Waals surface area contributed by atoms with Crippen molar-refractivity contribution in [2.75, 3.05) is 6.61 Å². The van der Waals surface area contributed by atoms with Crippen molar-refractivity contribution >= 4 is 11.0 Å². The van der Waals surface area contributed by atoms with Crippen LogP contribution >= 0.6 is 0 Å². The number of aromatic nitrogens is 3. The Morgan fingerprint density at radius 1 is 1.00 bits per heavy atom. The van der Waals surface area contributed by atoms with Gasteiger partial charge in [0.25, 0.3) is 0 Å². The first-order chi connectivity index (χ1) is 11.3. The zero-order valence-corrected chi connectivity index (χ0v) is 12.6. The summed E-state index contributed by atoms with van der Waals surface area (Å²) >= 11 is 0. The number of hydrogen-bond acceptors (Lipinski definition) is 4. The second kappa shape index (κ2) is 5.61. The van der Waals surface area contributed by atoms with Crippen LogP contribution in [0.5, 0.6) is 5.75 Å². The van der Waals surface area contributed by atoms with Gasteiger partial charge in [-0.15, -0.1) is 10.2 Å². The van der Waals surface area contributed by atoms with E-state index in [4.69, 9.17) is 9.15 Å². The largest absolute Gasteiger partial charge is 0.494 e. The van der Waals surface area contributed by atoms with Gasteiger partial charge in [-0.2, -0.15) is 4.80 Å². The van der Waals surface area contributed by atoms with E-state index in [9.17, 15) is 0 Å². The van der Waals surface area contributed by atoms with Crippen LogP contribution in [0, 0.1) is 0 Å². The van der Waals surface area contributed by atoms with E-state index in [0.29, 0.717) is 6.61 Å². The molecule has 23 heavy (non-hydrogen) atoms. The summed E-state index contributed by atoms with van der Waals surface area (Å²) in [5, 5.41) is 9.07. The molecule has 2 aromatic carbocycles. The molecule has 4 rings (SSSR count). The lowest BCUT2D eigenvalue weighted by Gasteiger charge is -2.03. The quantitative estimate of drug-likeness (QED) is 0.570. The lowest BCUT2D eigenvalue weighted by Crippen LogP contribution is -1.98. The lowest BCUT2D eigenvalue weighted by molar-refractivity contribution is 0.340. The highest BCUT2D eigenvalue weighted by atomic mass is 16.5. The van der Waals surface area contributed by atoms with Gasteiger partial charge in [-0.3, -0.25) is 0 Å². The first kappa shape index (κ1) is 13.6. The number of ether oxygens (including phenoxy) is 1. The van der Waals surface area contributed by atoms with Crippen LogP contribution in [0.15, 0.2) is 65.3 Å². The van der Waals surface area contributed by atoms with E-state index in [-0.39, 0.29) is 0 Å². The summed E-state index contributed by atoms with van der Waals surface area (Å²) in [5.41, 5.74) is 3.55. The Kier molecular flexibility index (Phi) is 3.31. The summed E-state index contributed by atoms with van der Waals surface area (Å²) in [5.74, 6) is 1.66. The first-order valence-corrected chi connectivity index (χ1v) is 7.48. The minimum absolute atomic E-state index is 0.652. The van der Waals surface area contributed by atoms with E-state index in [1.807, 2.05) is 61.5 Å². The maximum absolute atomic E-state index is 5.45. The highest BCUT2D eigenvalue weighted by Gasteiger charge is 2.08. The number of rotatable bonds is 4. The Morgan fingerprint density at radius 3 is 2.57 bits per heavy atom. The maximum atomic E-state index is 5.45. The van der Waals surface area contributed by atoms with Gasteiger partial charge in [-0.25, -0.2) is 0 Å². The Hall–Kier alpha value is -3.08. The molecule has 0 bridgehead atoms. The molecule has 0 fully saturated rings. The summed E-state index contributed by atoms with van der Waals surface area (Å²) in [6, 6.07) is 17.4. The number of fused-ring (bicyclic) bond motifs is 1. The standard InChI is InChI=1S/C18H15N3O2/c1-2-22-15-8-6-14(7-9-15)21-19-16-10-5-13(12-17(16)20-21)18-4-3-11-23-18/h3-12H,2H2,1H3. The monoisotopic (exact) mass is 305 g/mol. The highest BCUT2D eigenvalue weighted by Crippen LogP contribution is 2.24. The fourth-order valence-electron chi connectivity index (χ4n) is 2.47. The van der Waals surface area contributed by atoms with Gasteiger partial charge in [0.2, 0.25) is 0 Å². The van der Waals surface area contributed by atoms with Crippen molar-refractivity contribution in [1.29, 1.82) is 0 Å². The SMILES string of the molecule is CCOc1ccc(-n2nc3ccc(-c4ccco4)cc3n2)cc1. The van der Waals surface area contributed by atoms with Gasteiger partial charge in [-0.1, -0.05) is 0 Å². The zero-order chi connectivity index (χ0) is 15.6. The van der Waals surface area contributed by atoms with Crippen molar-refractivity contribution < 1.29 is 9.15 Å². The molecule has 0 radical (unpaired) electrons. The van der Waals surface area contributed by atoms with E-state index in [2.05, 4.69) is 10.2 Å². The topological polar surface area (TPSA) is 53.1 Å². The molecule has 5 heteroatoms. The van der Waals surface area contributed by atoms with Crippen LogP contribution in [0.3, 0.4) is 0 Å². The van der Waals surface area contributed by atoms with Gasteiger partial charge in [0.1, 0.15) is 22.5 Å². The minimum atomic E-state index is 0.652. The van der Waals surface area contributed by atoms with E-state index in [1.54, 1.807) is 11.1 Å². The molecule has 0 saturated carbocycles. The van der Waals surface area contributed by atoms with E-state index in [1.165, 1.54) is 0 Å². The molecule has 5 nitrogen and oxygen atoms in total. The molecule has 0 aliphatic heterocycles. The average molecular weight is 305 g/mol. The fourth-order valence-corrected chi connectivity index (χ4v) is 2.47. The van der Waals surface area contributed by atoms with Crippen LogP contribution in [-0.4, -0.2) is 21.6 Å². The molecule has 2 aromatic heterocycles. The number of benzene rings is 2. The summed E-state index contributed by atoms with van der Waals surface area (Å²) < 4.78 is 10.9. The smallest absolute Gasteiger partial charge is 0.133 e. The number of hydrogen-bond donors (Lipinski definition) is 0. The van der Waals surface area contributed by atoms with Gasteiger partial charge in [-0.05, 0) is 61.5 Å². The van der Waals surface area contributed by atoms with Crippen molar-refractivity contribution in [2.24, 2.45) is 0 Å². The number of nitrogens with zero attached hydrogens (tertiary/aromatic N) is 3. The molecule has 0 spiro atoms.